The fraction of sp³-hybridized carbons (Fsp3) is 0.438. The predicted octanol–water partition coefficient (Wildman–Crippen LogP) is 4.43. The van der Waals surface area contributed by atoms with Crippen molar-refractivity contribution >= 4 is 41.1 Å². The van der Waals surface area contributed by atoms with Crippen LogP contribution in [0, 0.1) is 3.70 Å². The summed E-state index contributed by atoms with van der Waals surface area (Å²) >= 11 is 2.06. The highest BCUT2D eigenvalue weighted by atomic mass is 127. The number of fused-ring (bicyclic) bond motifs is 1. The number of pyridine rings is 1. The van der Waals surface area contributed by atoms with E-state index in [1.165, 1.54) is 0 Å². The summed E-state index contributed by atoms with van der Waals surface area (Å²) in [6.45, 7) is 6.11. The summed E-state index contributed by atoms with van der Waals surface area (Å²) in [4.78, 5) is 24.5. The molecule has 2 N–H and O–H groups in total. The van der Waals surface area contributed by atoms with Crippen LogP contribution in [0.5, 0.6) is 5.75 Å². The molecule has 0 aliphatic heterocycles. The van der Waals surface area contributed by atoms with Gasteiger partial charge in [0.2, 0.25) is 0 Å². The zero-order valence-electron chi connectivity index (χ0n) is 13.4. The number of rotatable bonds is 6. The summed E-state index contributed by atoms with van der Waals surface area (Å²) in [7, 11) is -4.32. The van der Waals surface area contributed by atoms with E-state index in [-0.39, 0.29) is 0 Å². The topological polar surface area (TPSA) is 79.7 Å². The fourth-order valence-electron chi connectivity index (χ4n) is 2.91. The van der Waals surface area contributed by atoms with Gasteiger partial charge in [0, 0.05) is 17.0 Å². The van der Waals surface area contributed by atoms with Gasteiger partial charge in [-0.2, -0.15) is 0 Å². The van der Waals surface area contributed by atoms with Crippen LogP contribution in [0.3, 0.4) is 0 Å². The van der Waals surface area contributed by atoms with Gasteiger partial charge >= 0.3 is 7.60 Å². The first-order valence-electron chi connectivity index (χ1n) is 7.58. The Bertz CT molecular complexity index is 755. The maximum Gasteiger partial charge on any atom is 0.336 e. The normalized spacial score (nSPS) is 12.6. The van der Waals surface area contributed by atoms with E-state index >= 15 is 0 Å². The molecule has 1 aromatic carbocycles. The van der Waals surface area contributed by atoms with Gasteiger partial charge in [-0.05, 0) is 60.6 Å². The third kappa shape index (κ3) is 3.40. The van der Waals surface area contributed by atoms with Crippen LogP contribution in [0.25, 0.3) is 10.9 Å². The minimum absolute atomic E-state index is 0.355. The second kappa shape index (κ2) is 7.05. The van der Waals surface area contributed by atoms with Crippen LogP contribution in [0.1, 0.15) is 39.2 Å². The summed E-state index contributed by atoms with van der Waals surface area (Å²) < 4.78 is 18.3. The average molecular weight is 449 g/mol. The quantitative estimate of drug-likeness (QED) is 0.388. The standard InChI is InChI=1S/C16H21INO4P/c1-4-16(5-2,23(19,20)21)13-9-11-7-8-12(22-6-3)10-14(11)18-15(13)17/h7-10H,4-6H2,1-3H3,(H2,19,20,21). The Morgan fingerprint density at radius 3 is 2.39 bits per heavy atom. The molecule has 0 bridgehead atoms. The molecule has 0 saturated heterocycles. The third-order valence-corrected chi connectivity index (χ3v) is 7.09. The first kappa shape index (κ1) is 18.6. The lowest BCUT2D eigenvalue weighted by Gasteiger charge is -2.33. The smallest absolute Gasteiger partial charge is 0.336 e. The Kier molecular flexibility index (Phi) is 5.72. The summed E-state index contributed by atoms with van der Waals surface area (Å²) in [5.74, 6) is 0.739. The van der Waals surface area contributed by atoms with Gasteiger partial charge in [-0.3, -0.25) is 4.57 Å². The van der Waals surface area contributed by atoms with Crippen LogP contribution >= 0.6 is 30.2 Å². The van der Waals surface area contributed by atoms with Crippen LogP contribution in [0.15, 0.2) is 24.3 Å². The van der Waals surface area contributed by atoms with Gasteiger partial charge in [0.05, 0.1) is 17.3 Å². The summed E-state index contributed by atoms with van der Waals surface area (Å²) in [6, 6.07) is 7.43. The Labute approximate surface area is 149 Å². The molecule has 0 saturated carbocycles. The van der Waals surface area contributed by atoms with E-state index in [0.717, 1.165) is 16.7 Å². The molecule has 0 atom stereocenters. The van der Waals surface area contributed by atoms with Gasteiger partial charge in [-0.1, -0.05) is 13.8 Å². The van der Waals surface area contributed by atoms with Crippen molar-refractivity contribution in [3.05, 3.63) is 33.5 Å². The van der Waals surface area contributed by atoms with Crippen molar-refractivity contribution in [2.24, 2.45) is 0 Å². The number of aromatic nitrogens is 1. The molecule has 0 aliphatic carbocycles. The zero-order valence-corrected chi connectivity index (χ0v) is 16.5. The highest BCUT2D eigenvalue weighted by Gasteiger charge is 2.46. The van der Waals surface area contributed by atoms with Gasteiger partial charge < -0.3 is 14.5 Å². The molecule has 7 heteroatoms. The molecule has 1 aromatic heterocycles. The van der Waals surface area contributed by atoms with E-state index in [1.54, 1.807) is 13.8 Å². The second-order valence-corrected chi connectivity index (χ2v) is 8.36. The summed E-state index contributed by atoms with van der Waals surface area (Å²) in [5, 5.41) is -0.341. The largest absolute Gasteiger partial charge is 0.494 e. The van der Waals surface area contributed by atoms with Gasteiger partial charge in [-0.15, -0.1) is 0 Å². The van der Waals surface area contributed by atoms with E-state index in [0.29, 0.717) is 28.7 Å². The molecular formula is C16H21INO4P. The maximum absolute atomic E-state index is 12.2. The zero-order chi connectivity index (χ0) is 17.3. The van der Waals surface area contributed by atoms with Crippen molar-refractivity contribution in [2.75, 3.05) is 6.61 Å². The van der Waals surface area contributed by atoms with Crippen LogP contribution < -0.4 is 4.74 Å². The van der Waals surface area contributed by atoms with E-state index in [9.17, 15) is 14.4 Å². The Balaban J connectivity index is 2.68. The first-order valence-corrected chi connectivity index (χ1v) is 10.3. The van der Waals surface area contributed by atoms with Gasteiger partial charge in [0.1, 0.15) is 9.45 Å². The Morgan fingerprint density at radius 1 is 1.22 bits per heavy atom. The van der Waals surface area contributed by atoms with E-state index in [4.69, 9.17) is 4.74 Å². The van der Waals surface area contributed by atoms with Crippen LogP contribution in [0.4, 0.5) is 0 Å². The molecule has 126 valence electrons. The minimum atomic E-state index is -4.32. The van der Waals surface area contributed by atoms with E-state index in [1.807, 2.05) is 31.2 Å². The highest BCUT2D eigenvalue weighted by Crippen LogP contribution is 2.61. The molecule has 0 spiro atoms. The molecule has 23 heavy (non-hydrogen) atoms. The fourth-order valence-corrected chi connectivity index (χ4v) is 5.36. The van der Waals surface area contributed by atoms with Gasteiger partial charge in [-0.25, -0.2) is 4.98 Å². The SMILES string of the molecule is CCOc1ccc2cc(C(CC)(CC)P(=O)(O)O)c(I)nc2c1. The predicted molar refractivity (Wildman–Crippen MR) is 99.9 cm³/mol. The maximum atomic E-state index is 12.2. The highest BCUT2D eigenvalue weighted by molar-refractivity contribution is 14.1. The number of hydrogen-bond acceptors (Lipinski definition) is 3. The number of ether oxygens (including phenoxy) is 1. The Morgan fingerprint density at radius 2 is 1.87 bits per heavy atom. The molecular weight excluding hydrogens is 428 g/mol. The van der Waals surface area contributed by atoms with Crippen molar-refractivity contribution < 1.29 is 19.1 Å². The van der Waals surface area contributed by atoms with Gasteiger partial charge in [0.25, 0.3) is 0 Å². The molecule has 1 heterocycles. The third-order valence-electron chi connectivity index (χ3n) is 4.28. The molecule has 0 unspecified atom stereocenters. The first-order chi connectivity index (χ1) is 10.8. The molecule has 2 aromatic rings. The number of hydrogen-bond donors (Lipinski definition) is 2. The van der Waals surface area contributed by atoms with Crippen LogP contribution in [-0.2, 0) is 9.72 Å². The number of nitrogens with zero attached hydrogens (tertiary/aromatic N) is 1. The average Bonchev–Trinajstić information content (AvgIpc) is 2.48. The van der Waals surface area contributed by atoms with Crippen molar-refractivity contribution in [2.45, 2.75) is 38.8 Å². The molecule has 0 radical (unpaired) electrons. The monoisotopic (exact) mass is 449 g/mol. The summed E-state index contributed by atoms with van der Waals surface area (Å²) in [6.07, 6.45) is 0.710. The lowest BCUT2D eigenvalue weighted by molar-refractivity contribution is 0.314. The van der Waals surface area contributed by atoms with Crippen molar-refractivity contribution in [1.82, 2.24) is 4.98 Å². The van der Waals surface area contributed by atoms with Crippen LogP contribution in [0.2, 0.25) is 0 Å². The molecule has 0 amide bonds. The number of halogens is 1. The lowest BCUT2D eigenvalue weighted by atomic mass is 9.93. The summed E-state index contributed by atoms with van der Waals surface area (Å²) in [5.41, 5.74) is 1.38. The minimum Gasteiger partial charge on any atom is -0.494 e. The van der Waals surface area contributed by atoms with E-state index in [2.05, 4.69) is 27.6 Å². The van der Waals surface area contributed by atoms with Crippen molar-refractivity contribution in [3.8, 4) is 5.75 Å². The van der Waals surface area contributed by atoms with Crippen molar-refractivity contribution in [1.29, 1.82) is 0 Å². The molecule has 0 fully saturated rings. The van der Waals surface area contributed by atoms with Gasteiger partial charge in [0.15, 0.2) is 0 Å². The molecule has 5 nitrogen and oxygen atoms in total. The second-order valence-electron chi connectivity index (χ2n) is 5.40. The van der Waals surface area contributed by atoms with E-state index < -0.39 is 12.8 Å². The van der Waals surface area contributed by atoms with Crippen LogP contribution in [-0.4, -0.2) is 21.4 Å². The Hall–Kier alpha value is -0.690. The van der Waals surface area contributed by atoms with Crippen molar-refractivity contribution in [3.63, 3.8) is 0 Å². The number of benzene rings is 1. The lowest BCUT2D eigenvalue weighted by Crippen LogP contribution is -2.26. The molecule has 2 rings (SSSR count). The molecule has 0 aliphatic rings.